The number of imidazole rings is 2. The maximum Gasteiger partial charge on any atom is 0.409 e. The lowest BCUT2D eigenvalue weighted by Crippen LogP contribution is -2.85. The molecule has 346 valence electrons. The lowest BCUT2D eigenvalue weighted by molar-refractivity contribution is -0.518. The number of unbranched alkanes of at least 4 members (excludes halogenated alkanes) is 1. The fraction of sp³-hybridized carbons (Fsp3) is 0.600. The Morgan fingerprint density at radius 2 is 1.45 bits per heavy atom. The molecule has 4 amide bonds. The number of benzene rings is 1. The van der Waals surface area contributed by atoms with Gasteiger partial charge in [-0.3, -0.25) is 14.9 Å². The van der Waals surface area contributed by atoms with Gasteiger partial charge in [0.05, 0.1) is 38.7 Å². The molecule has 3 heterocycles. The number of amides is 4. The summed E-state index contributed by atoms with van der Waals surface area (Å²) >= 11 is 0. The number of aromatic amines is 2. The number of methoxy groups -OCH3 is 2. The third-order valence-electron chi connectivity index (χ3n) is 10.3. The smallest absolute Gasteiger partial charge is 0.409 e. The number of hydrogen-bond acceptors (Lipinski definition) is 16. The summed E-state index contributed by atoms with van der Waals surface area (Å²) in [5, 5.41) is 84.5. The van der Waals surface area contributed by atoms with Crippen molar-refractivity contribution in [3.05, 3.63) is 60.1 Å². The van der Waals surface area contributed by atoms with Crippen LogP contribution in [0.2, 0.25) is 0 Å². The van der Waals surface area contributed by atoms with Crippen LogP contribution >= 0.6 is 0 Å². The summed E-state index contributed by atoms with van der Waals surface area (Å²) in [6, 6.07) is 8.04. The maximum atomic E-state index is 13.1. The molecule has 1 aromatic carbocycles. The fourth-order valence-electron chi connectivity index (χ4n) is 7.11. The second-order valence-corrected chi connectivity index (χ2v) is 15.0. The van der Waals surface area contributed by atoms with Crippen molar-refractivity contribution < 1.29 is 69.5 Å². The molecule has 1 aliphatic carbocycles. The van der Waals surface area contributed by atoms with E-state index in [0.717, 1.165) is 48.7 Å². The first-order valence-electron chi connectivity index (χ1n) is 20.5. The molecule has 0 radical (unpaired) electrons. The lowest BCUT2D eigenvalue weighted by atomic mass is 9.83. The van der Waals surface area contributed by atoms with E-state index in [1.165, 1.54) is 74.5 Å². The van der Waals surface area contributed by atoms with E-state index in [1.54, 1.807) is 0 Å². The first kappa shape index (κ1) is 51.2. The van der Waals surface area contributed by atoms with Crippen molar-refractivity contribution in [2.45, 2.75) is 120 Å². The van der Waals surface area contributed by atoms with Gasteiger partial charge in [-0.1, -0.05) is 63.8 Å². The highest BCUT2D eigenvalue weighted by atomic mass is 16.7. The quantitative estimate of drug-likeness (QED) is 0.0728. The van der Waals surface area contributed by atoms with Crippen LogP contribution in [0.3, 0.4) is 0 Å². The molecule has 1 saturated carbocycles. The number of ether oxygens (including phenoxy) is 2. The van der Waals surface area contributed by atoms with Crippen molar-refractivity contribution in [1.29, 1.82) is 0 Å². The highest BCUT2D eigenvalue weighted by Crippen LogP contribution is 2.41. The molecule has 22 heteroatoms. The van der Waals surface area contributed by atoms with Crippen LogP contribution in [-0.4, -0.2) is 147 Å². The molecule has 22 nitrogen and oxygen atoms in total. The van der Waals surface area contributed by atoms with Gasteiger partial charge in [-0.25, -0.2) is 19.6 Å². The highest BCUT2D eigenvalue weighted by molar-refractivity contribution is 5.90. The fourth-order valence-corrected chi connectivity index (χ4v) is 7.11. The van der Waals surface area contributed by atoms with Crippen LogP contribution in [0, 0.1) is 0 Å². The number of aromatic nitrogens is 4. The summed E-state index contributed by atoms with van der Waals surface area (Å²) < 4.78 is 8.60. The largest absolute Gasteiger partial charge is 0.453 e. The molecule has 5 rings (SSSR count). The van der Waals surface area contributed by atoms with Crippen LogP contribution in [0.15, 0.2) is 42.9 Å². The van der Waals surface area contributed by atoms with Crippen molar-refractivity contribution in [1.82, 2.24) is 40.8 Å². The number of H-pyrrole nitrogens is 2. The van der Waals surface area contributed by atoms with E-state index in [1.807, 2.05) is 6.20 Å². The van der Waals surface area contributed by atoms with Crippen LogP contribution in [0.5, 0.6) is 0 Å². The average molecular weight is 879 g/mol. The third-order valence-corrected chi connectivity index (χ3v) is 10.3. The van der Waals surface area contributed by atoms with E-state index in [9.17, 15) is 60.0 Å². The first-order valence-corrected chi connectivity index (χ1v) is 20.5. The second-order valence-electron chi connectivity index (χ2n) is 15.0. The van der Waals surface area contributed by atoms with E-state index in [0.29, 0.717) is 13.0 Å². The van der Waals surface area contributed by atoms with Crippen LogP contribution < -0.4 is 16.0 Å². The topological polar surface area (TPSA) is 345 Å². The normalized spacial score (nSPS) is 16.7. The molecule has 1 saturated heterocycles. The molecular weight excluding hydrogens is 816 g/mol. The molecule has 3 aromatic rings. The zero-order valence-electron chi connectivity index (χ0n) is 35.5. The number of aliphatic hydroxyl groups is 8. The SMILES string of the molecule is CCC.COC(=O)NC(O)(C(=O)N1CCCC1c1ncc[nH]1)C(O)(C(O)(O)O)C(O)(O)O.COC(=O)NCC(=O)NCCCCc1ncc(-c2ccc(C3CCCCC3)cc2)[nH]1. The standard InChI is InChI=1S/C23H32N4O3.C14H22N4O11.C3H8/c1-30-23(29)26-16-22(28)24-14-6-5-9-21-25-15-20(27-21)19-12-10-18(11-13-19)17-7-3-2-4-8-17;1-29-10(20)17-11(21,12(22,13(23,24)25)14(26,27)28)9(19)18-6-2-3-7(18)8-15-4-5-16-8;1-3-2/h10-13,15,17H,2-9,14,16H2,1H3,(H,24,28)(H,25,27)(H,26,29);4-5,7,21-28H,2-3,6H2,1H3,(H,15,16)(H,17,20);3H2,1-2H3. The van der Waals surface area contributed by atoms with Crippen LogP contribution in [-0.2, 0) is 25.5 Å². The minimum Gasteiger partial charge on any atom is -0.453 e. The van der Waals surface area contributed by atoms with Crippen molar-refractivity contribution in [2.24, 2.45) is 0 Å². The average Bonchev–Trinajstić information content (AvgIpc) is 4.05. The molecule has 0 bridgehead atoms. The van der Waals surface area contributed by atoms with Crippen molar-refractivity contribution in [3.63, 3.8) is 0 Å². The molecule has 2 atom stereocenters. The van der Waals surface area contributed by atoms with E-state index in [-0.39, 0.29) is 31.2 Å². The van der Waals surface area contributed by atoms with Crippen LogP contribution in [0.4, 0.5) is 9.59 Å². The summed E-state index contributed by atoms with van der Waals surface area (Å²) in [7, 11) is 2.02. The van der Waals surface area contributed by atoms with Gasteiger partial charge >= 0.3 is 24.1 Å². The molecular formula is C40H62N8O14. The number of carbonyl (C=O) groups excluding carboxylic acids is 4. The van der Waals surface area contributed by atoms with Crippen LogP contribution in [0.25, 0.3) is 11.3 Å². The molecule has 2 unspecified atom stereocenters. The summed E-state index contributed by atoms with van der Waals surface area (Å²) in [6.45, 7) is 4.61. The number of nitrogens with zero attached hydrogens (tertiary/aromatic N) is 3. The van der Waals surface area contributed by atoms with Crippen molar-refractivity contribution in [2.75, 3.05) is 33.9 Å². The van der Waals surface area contributed by atoms with Gasteiger partial charge < -0.3 is 75.8 Å². The number of alkyl carbamates (subject to hydrolysis) is 2. The van der Waals surface area contributed by atoms with Gasteiger partial charge in [0.1, 0.15) is 11.6 Å². The minimum atomic E-state index is -4.74. The Balaban J connectivity index is 0.000000311. The molecule has 2 aliphatic rings. The molecule has 0 spiro atoms. The Hall–Kier alpha value is -5.20. The Morgan fingerprint density at radius 3 is 2.02 bits per heavy atom. The Bertz CT molecular complexity index is 1830. The number of rotatable bonds is 15. The summed E-state index contributed by atoms with van der Waals surface area (Å²) in [5.41, 5.74) is -5.18. The number of hydrogen-bond donors (Lipinski definition) is 13. The van der Waals surface area contributed by atoms with Gasteiger partial charge in [-0.2, -0.15) is 0 Å². The zero-order chi connectivity index (χ0) is 46.1. The third kappa shape index (κ3) is 13.2. The van der Waals surface area contributed by atoms with Gasteiger partial charge in [-0.15, -0.1) is 0 Å². The Morgan fingerprint density at radius 1 is 0.823 bits per heavy atom. The lowest BCUT2D eigenvalue weighted by Gasteiger charge is -2.49. The summed E-state index contributed by atoms with van der Waals surface area (Å²) in [5.74, 6) is -9.56. The van der Waals surface area contributed by atoms with Gasteiger partial charge in [0.15, 0.2) is 0 Å². The van der Waals surface area contributed by atoms with Gasteiger partial charge in [0.2, 0.25) is 5.91 Å². The maximum absolute atomic E-state index is 13.1. The summed E-state index contributed by atoms with van der Waals surface area (Å²) in [4.78, 5) is 62.6. The number of nitrogens with one attached hydrogen (secondary N) is 5. The molecule has 2 aromatic heterocycles. The highest BCUT2D eigenvalue weighted by Gasteiger charge is 2.78. The van der Waals surface area contributed by atoms with Gasteiger partial charge in [0.25, 0.3) is 17.2 Å². The molecule has 2 fully saturated rings. The number of likely N-dealkylation sites (tertiary alicyclic amines) is 1. The molecule has 62 heavy (non-hydrogen) atoms. The Labute approximate surface area is 358 Å². The zero-order valence-corrected chi connectivity index (χ0v) is 35.5. The predicted octanol–water partition coefficient (Wildman–Crippen LogP) is 0.446. The summed E-state index contributed by atoms with van der Waals surface area (Å²) in [6.07, 6.45) is 13.5. The van der Waals surface area contributed by atoms with Gasteiger partial charge in [0, 0.05) is 31.9 Å². The van der Waals surface area contributed by atoms with E-state index in [2.05, 4.69) is 78.2 Å². The van der Waals surface area contributed by atoms with E-state index < -0.39 is 47.4 Å². The van der Waals surface area contributed by atoms with Gasteiger partial charge in [-0.05, 0) is 55.6 Å². The van der Waals surface area contributed by atoms with E-state index in [4.69, 9.17) is 0 Å². The predicted molar refractivity (Wildman–Crippen MR) is 219 cm³/mol. The molecule has 13 N–H and O–H groups in total. The minimum absolute atomic E-state index is 0.0756. The number of carbonyl (C=O) groups is 4. The van der Waals surface area contributed by atoms with Crippen LogP contribution in [0.1, 0.15) is 107 Å². The second kappa shape index (κ2) is 23.3. The monoisotopic (exact) mass is 878 g/mol. The van der Waals surface area contributed by atoms with Crippen molar-refractivity contribution in [3.8, 4) is 11.3 Å². The van der Waals surface area contributed by atoms with E-state index >= 15 is 0 Å². The Kier molecular flexibility index (Phi) is 19.2. The number of aryl methyl sites for hydroxylation is 1. The molecule has 1 aliphatic heterocycles. The first-order chi connectivity index (χ1) is 29.3. The van der Waals surface area contributed by atoms with Crippen molar-refractivity contribution >= 4 is 24.0 Å².